The van der Waals surface area contributed by atoms with E-state index in [1.165, 1.54) is 6.07 Å². The summed E-state index contributed by atoms with van der Waals surface area (Å²) in [5.41, 5.74) is 3.67. The molecule has 20 heavy (non-hydrogen) atoms. The van der Waals surface area contributed by atoms with Crippen LogP contribution in [-0.4, -0.2) is 22.6 Å². The Kier molecular flexibility index (Phi) is 4.78. The van der Waals surface area contributed by atoms with Crippen molar-refractivity contribution in [3.05, 3.63) is 34.9 Å². The minimum atomic E-state index is -1.82. The third kappa shape index (κ3) is 3.95. The van der Waals surface area contributed by atoms with E-state index in [0.717, 1.165) is 0 Å². The zero-order valence-corrected chi connectivity index (χ0v) is 12.4. The predicted octanol–water partition coefficient (Wildman–Crippen LogP) is 2.31. The summed E-state index contributed by atoms with van der Waals surface area (Å²) in [4.78, 5) is 23.3. The second kappa shape index (κ2) is 5.81. The Labute approximate surface area is 122 Å². The van der Waals surface area contributed by atoms with Gasteiger partial charge in [-0.1, -0.05) is 29.8 Å². The lowest BCUT2D eigenvalue weighted by Crippen LogP contribution is -2.50. The highest BCUT2D eigenvalue weighted by atomic mass is 35.5. The highest BCUT2D eigenvalue weighted by Gasteiger charge is 2.43. The average molecular weight is 300 g/mol. The number of carbonyl (C=O) groups is 2. The SMILES string of the molecule is CC(C)(C)OC(=O)C(N)(CC(=O)O)c1ccccc1Cl. The fourth-order valence-electron chi connectivity index (χ4n) is 1.71. The molecule has 0 bridgehead atoms. The predicted molar refractivity (Wildman–Crippen MR) is 75.4 cm³/mol. The third-order valence-electron chi connectivity index (χ3n) is 2.55. The van der Waals surface area contributed by atoms with Crippen LogP contribution in [0.15, 0.2) is 24.3 Å². The van der Waals surface area contributed by atoms with Gasteiger partial charge in [0.2, 0.25) is 0 Å². The normalized spacial score (nSPS) is 14.4. The molecular formula is C14H18ClNO4. The molecule has 0 fully saturated rings. The van der Waals surface area contributed by atoms with Crippen LogP contribution in [0, 0.1) is 0 Å². The van der Waals surface area contributed by atoms with Crippen LogP contribution in [0.4, 0.5) is 0 Å². The molecule has 1 aromatic carbocycles. The van der Waals surface area contributed by atoms with Gasteiger partial charge in [-0.3, -0.25) is 4.79 Å². The lowest BCUT2D eigenvalue weighted by Gasteiger charge is -2.31. The number of carboxylic acid groups (broad SMARTS) is 1. The Bertz CT molecular complexity index is 524. The van der Waals surface area contributed by atoms with Crippen LogP contribution in [0.1, 0.15) is 32.8 Å². The summed E-state index contributed by atoms with van der Waals surface area (Å²) in [6.07, 6.45) is -0.606. The fraction of sp³-hybridized carbons (Fsp3) is 0.429. The molecule has 3 N–H and O–H groups in total. The van der Waals surface area contributed by atoms with Gasteiger partial charge >= 0.3 is 11.9 Å². The molecule has 0 aliphatic rings. The number of carboxylic acids is 1. The molecule has 1 unspecified atom stereocenters. The van der Waals surface area contributed by atoms with E-state index in [1.54, 1.807) is 39.0 Å². The summed E-state index contributed by atoms with van der Waals surface area (Å²) in [5.74, 6) is -2.03. The first-order chi connectivity index (χ1) is 9.06. The molecule has 0 aliphatic heterocycles. The molecular weight excluding hydrogens is 282 g/mol. The van der Waals surface area contributed by atoms with E-state index in [-0.39, 0.29) is 10.6 Å². The average Bonchev–Trinajstić information content (AvgIpc) is 2.25. The van der Waals surface area contributed by atoms with Crippen molar-refractivity contribution in [3.63, 3.8) is 0 Å². The van der Waals surface area contributed by atoms with Gasteiger partial charge in [0.05, 0.1) is 6.42 Å². The second-order valence-electron chi connectivity index (χ2n) is 5.52. The molecule has 110 valence electrons. The summed E-state index contributed by atoms with van der Waals surface area (Å²) in [7, 11) is 0. The van der Waals surface area contributed by atoms with Crippen LogP contribution in [0.2, 0.25) is 5.02 Å². The van der Waals surface area contributed by atoms with Crippen molar-refractivity contribution in [2.75, 3.05) is 0 Å². The Balaban J connectivity index is 3.26. The van der Waals surface area contributed by atoms with Crippen molar-refractivity contribution in [3.8, 4) is 0 Å². The molecule has 0 radical (unpaired) electrons. The molecule has 0 saturated heterocycles. The summed E-state index contributed by atoms with van der Waals surface area (Å²) < 4.78 is 5.23. The number of aliphatic carboxylic acids is 1. The minimum absolute atomic E-state index is 0.224. The maximum absolute atomic E-state index is 12.3. The maximum Gasteiger partial charge on any atom is 0.331 e. The third-order valence-corrected chi connectivity index (χ3v) is 2.88. The van der Waals surface area contributed by atoms with Gasteiger partial charge in [-0.25, -0.2) is 4.79 Å². The zero-order valence-electron chi connectivity index (χ0n) is 11.6. The standard InChI is InChI=1S/C14H18ClNO4/c1-13(2,3)20-12(19)14(16,8-11(17)18)9-6-4-5-7-10(9)15/h4-7H,8,16H2,1-3H3,(H,17,18). The maximum atomic E-state index is 12.3. The molecule has 0 amide bonds. The topological polar surface area (TPSA) is 89.6 Å². The lowest BCUT2D eigenvalue weighted by atomic mass is 9.87. The number of esters is 1. The molecule has 0 heterocycles. The molecule has 0 spiro atoms. The van der Waals surface area contributed by atoms with Gasteiger partial charge in [0.25, 0.3) is 0 Å². The van der Waals surface area contributed by atoms with Gasteiger partial charge in [-0.05, 0) is 26.8 Å². The molecule has 0 aliphatic carbocycles. The van der Waals surface area contributed by atoms with Gasteiger partial charge in [0.1, 0.15) is 5.60 Å². The molecule has 6 heteroatoms. The number of carbonyl (C=O) groups excluding carboxylic acids is 1. The summed E-state index contributed by atoms with van der Waals surface area (Å²) in [5, 5.41) is 9.24. The number of halogens is 1. The van der Waals surface area contributed by atoms with Gasteiger partial charge in [-0.15, -0.1) is 0 Å². The summed E-state index contributed by atoms with van der Waals surface area (Å²) in [6, 6.07) is 6.37. The van der Waals surface area contributed by atoms with E-state index in [4.69, 9.17) is 27.2 Å². The van der Waals surface area contributed by atoms with Crippen LogP contribution in [0.3, 0.4) is 0 Å². The summed E-state index contributed by atoms with van der Waals surface area (Å²) >= 11 is 6.03. The molecule has 5 nitrogen and oxygen atoms in total. The molecule has 1 atom stereocenters. The van der Waals surface area contributed by atoms with Crippen molar-refractivity contribution >= 4 is 23.5 Å². The highest BCUT2D eigenvalue weighted by Crippen LogP contribution is 2.31. The Morgan fingerprint density at radius 1 is 1.30 bits per heavy atom. The minimum Gasteiger partial charge on any atom is -0.481 e. The first kappa shape index (κ1) is 16.5. The van der Waals surface area contributed by atoms with E-state index in [9.17, 15) is 9.59 Å². The summed E-state index contributed by atoms with van der Waals surface area (Å²) in [6.45, 7) is 5.04. The lowest BCUT2D eigenvalue weighted by molar-refractivity contribution is -0.165. The molecule has 0 aromatic heterocycles. The van der Waals surface area contributed by atoms with Gasteiger partial charge in [-0.2, -0.15) is 0 Å². The van der Waals surface area contributed by atoms with Crippen LogP contribution in [0.25, 0.3) is 0 Å². The highest BCUT2D eigenvalue weighted by molar-refractivity contribution is 6.31. The fourth-order valence-corrected chi connectivity index (χ4v) is 2.01. The molecule has 1 aromatic rings. The van der Waals surface area contributed by atoms with E-state index in [0.29, 0.717) is 0 Å². The van der Waals surface area contributed by atoms with Gasteiger partial charge in [0, 0.05) is 10.6 Å². The van der Waals surface area contributed by atoms with Crippen molar-refractivity contribution in [1.29, 1.82) is 0 Å². The number of hydrogen-bond donors (Lipinski definition) is 2. The Morgan fingerprint density at radius 3 is 2.30 bits per heavy atom. The quantitative estimate of drug-likeness (QED) is 0.833. The van der Waals surface area contributed by atoms with Gasteiger partial charge in [0.15, 0.2) is 5.54 Å². The first-order valence-electron chi connectivity index (χ1n) is 6.05. The number of rotatable bonds is 4. The first-order valence-corrected chi connectivity index (χ1v) is 6.43. The van der Waals surface area contributed by atoms with Crippen LogP contribution in [-0.2, 0) is 19.9 Å². The number of ether oxygens (including phenoxy) is 1. The van der Waals surface area contributed by atoms with Crippen molar-refractivity contribution < 1.29 is 19.4 Å². The Hall–Kier alpha value is -1.59. The van der Waals surface area contributed by atoms with E-state index >= 15 is 0 Å². The largest absolute Gasteiger partial charge is 0.481 e. The van der Waals surface area contributed by atoms with Crippen molar-refractivity contribution in [2.24, 2.45) is 5.73 Å². The van der Waals surface area contributed by atoms with Crippen molar-refractivity contribution in [2.45, 2.75) is 38.3 Å². The monoisotopic (exact) mass is 299 g/mol. The van der Waals surface area contributed by atoms with Gasteiger partial charge < -0.3 is 15.6 Å². The molecule has 0 saturated carbocycles. The number of hydrogen-bond acceptors (Lipinski definition) is 4. The number of benzene rings is 1. The van der Waals surface area contributed by atoms with Crippen LogP contribution >= 0.6 is 11.6 Å². The van der Waals surface area contributed by atoms with Crippen LogP contribution < -0.4 is 5.73 Å². The smallest absolute Gasteiger partial charge is 0.331 e. The number of nitrogens with two attached hydrogens (primary N) is 1. The van der Waals surface area contributed by atoms with E-state index in [1.807, 2.05) is 0 Å². The van der Waals surface area contributed by atoms with Crippen LogP contribution in [0.5, 0.6) is 0 Å². The van der Waals surface area contributed by atoms with Crippen molar-refractivity contribution in [1.82, 2.24) is 0 Å². The molecule has 1 rings (SSSR count). The Morgan fingerprint density at radius 2 is 1.85 bits per heavy atom. The van der Waals surface area contributed by atoms with E-state index in [2.05, 4.69) is 0 Å². The zero-order chi connectivity index (χ0) is 15.6. The second-order valence-corrected chi connectivity index (χ2v) is 5.93. The van der Waals surface area contributed by atoms with E-state index < -0.39 is 29.5 Å².